The molecule has 0 radical (unpaired) electrons. The Hall–Kier alpha value is -0.370. The summed E-state index contributed by atoms with van der Waals surface area (Å²) in [6.07, 6.45) is 3.58. The Morgan fingerprint density at radius 2 is 2.13 bits per heavy atom. The van der Waals surface area contributed by atoms with Crippen LogP contribution in [0.25, 0.3) is 0 Å². The molecule has 0 aromatic rings. The lowest BCUT2D eigenvalue weighted by atomic mass is 9.72. The molecule has 0 bridgehead atoms. The first kappa shape index (κ1) is 14.6. The van der Waals surface area contributed by atoms with E-state index in [4.69, 9.17) is 4.74 Å². The van der Waals surface area contributed by atoms with E-state index in [0.717, 1.165) is 12.8 Å². The molecule has 3 atom stereocenters. The van der Waals surface area contributed by atoms with Crippen molar-refractivity contribution in [3.8, 4) is 0 Å². The molecule has 0 aliphatic carbocycles. The van der Waals surface area contributed by atoms with Crippen LogP contribution in [0, 0.1) is 11.3 Å². The van der Waals surface area contributed by atoms with E-state index in [2.05, 4.69) is 13.5 Å². The molecule has 0 fully saturated rings. The molecule has 0 rings (SSSR count). The van der Waals surface area contributed by atoms with Crippen molar-refractivity contribution in [3.63, 3.8) is 0 Å². The lowest BCUT2D eigenvalue weighted by Crippen LogP contribution is -2.35. The molecule has 0 amide bonds. The van der Waals surface area contributed by atoms with Crippen molar-refractivity contribution in [3.05, 3.63) is 12.7 Å². The summed E-state index contributed by atoms with van der Waals surface area (Å²) in [5, 5.41) is 0. The van der Waals surface area contributed by atoms with Gasteiger partial charge in [-0.05, 0) is 30.6 Å². The highest BCUT2D eigenvalue weighted by molar-refractivity contribution is 4.86. The summed E-state index contributed by atoms with van der Waals surface area (Å²) < 4.78 is 18.9. The van der Waals surface area contributed by atoms with Gasteiger partial charge in [0.15, 0.2) is 0 Å². The normalized spacial score (nSPS) is 19.3. The third-order valence-corrected chi connectivity index (χ3v) is 3.43. The second-order valence-corrected chi connectivity index (χ2v) is 4.63. The van der Waals surface area contributed by atoms with Crippen molar-refractivity contribution in [1.29, 1.82) is 0 Å². The molecular formula is C13H25FO. The van der Waals surface area contributed by atoms with Crippen LogP contribution in [0.1, 0.15) is 40.0 Å². The fourth-order valence-corrected chi connectivity index (χ4v) is 1.98. The van der Waals surface area contributed by atoms with Crippen LogP contribution in [0.3, 0.4) is 0 Å². The van der Waals surface area contributed by atoms with Gasteiger partial charge in [0.05, 0.1) is 6.61 Å². The molecule has 2 heteroatoms. The van der Waals surface area contributed by atoms with Crippen LogP contribution in [0.2, 0.25) is 0 Å². The van der Waals surface area contributed by atoms with Gasteiger partial charge in [-0.25, -0.2) is 4.39 Å². The second kappa shape index (κ2) is 7.00. The Labute approximate surface area is 93.7 Å². The van der Waals surface area contributed by atoms with Crippen molar-refractivity contribution < 1.29 is 9.13 Å². The average molecular weight is 216 g/mol. The van der Waals surface area contributed by atoms with Gasteiger partial charge in [-0.1, -0.05) is 26.8 Å². The summed E-state index contributed by atoms with van der Waals surface area (Å²) in [7, 11) is 1.68. The van der Waals surface area contributed by atoms with Crippen LogP contribution < -0.4 is 0 Å². The number of hydrogen-bond donors (Lipinski definition) is 0. The Balaban J connectivity index is 4.51. The minimum Gasteiger partial charge on any atom is -0.384 e. The first-order valence-electron chi connectivity index (χ1n) is 5.75. The summed E-state index contributed by atoms with van der Waals surface area (Å²) in [5.74, 6) is 0.0300. The van der Waals surface area contributed by atoms with E-state index in [-0.39, 0.29) is 11.3 Å². The molecule has 0 aromatic carbocycles. The predicted octanol–water partition coefficient (Wildman–Crippen LogP) is 3.99. The highest BCUT2D eigenvalue weighted by Gasteiger charge is 2.35. The molecule has 0 N–H and O–H groups in total. The maximum Gasteiger partial charge on any atom is 0.103 e. The number of alkyl halides is 1. The topological polar surface area (TPSA) is 9.23 Å². The van der Waals surface area contributed by atoms with Crippen LogP contribution in [0.15, 0.2) is 12.7 Å². The van der Waals surface area contributed by atoms with Gasteiger partial charge in [0.2, 0.25) is 0 Å². The molecule has 0 unspecified atom stereocenters. The monoisotopic (exact) mass is 216 g/mol. The van der Waals surface area contributed by atoms with Gasteiger partial charge in [0, 0.05) is 7.11 Å². The zero-order valence-electron chi connectivity index (χ0n) is 10.6. The van der Waals surface area contributed by atoms with Crippen LogP contribution in [0.5, 0.6) is 0 Å². The maximum atomic E-state index is 13.7. The molecular weight excluding hydrogens is 191 g/mol. The second-order valence-electron chi connectivity index (χ2n) is 4.63. The van der Waals surface area contributed by atoms with Crippen molar-refractivity contribution >= 4 is 0 Å². The van der Waals surface area contributed by atoms with Crippen molar-refractivity contribution in [1.82, 2.24) is 0 Å². The number of ether oxygens (including phenoxy) is 1. The van der Waals surface area contributed by atoms with E-state index in [1.807, 2.05) is 19.9 Å². The highest BCUT2D eigenvalue weighted by Crippen LogP contribution is 2.37. The number of hydrogen-bond acceptors (Lipinski definition) is 1. The number of halogens is 1. The van der Waals surface area contributed by atoms with Crippen LogP contribution in [-0.2, 0) is 4.74 Å². The minimum absolute atomic E-state index is 0.0300. The largest absolute Gasteiger partial charge is 0.384 e. The van der Waals surface area contributed by atoms with Crippen LogP contribution in [0.4, 0.5) is 4.39 Å². The van der Waals surface area contributed by atoms with Crippen molar-refractivity contribution in [2.45, 2.75) is 46.2 Å². The highest BCUT2D eigenvalue weighted by atomic mass is 19.1. The van der Waals surface area contributed by atoms with Crippen molar-refractivity contribution in [2.24, 2.45) is 11.3 Å². The van der Waals surface area contributed by atoms with E-state index < -0.39 is 6.17 Å². The molecule has 0 saturated heterocycles. The first-order valence-corrected chi connectivity index (χ1v) is 5.75. The molecule has 1 nitrogen and oxygen atoms in total. The first-order chi connectivity index (χ1) is 7.01. The number of allylic oxidation sites excluding steroid dienone is 1. The maximum absolute atomic E-state index is 13.7. The summed E-state index contributed by atoms with van der Waals surface area (Å²) in [4.78, 5) is 0. The smallest absolute Gasteiger partial charge is 0.103 e. The predicted molar refractivity (Wildman–Crippen MR) is 63.8 cm³/mol. The summed E-state index contributed by atoms with van der Waals surface area (Å²) >= 11 is 0. The minimum atomic E-state index is -0.741. The standard InChI is InChI=1S/C13H25FO/c1-6-8-9-13(4,10-15-5)11(3)12(14)7-2/h6,11-12H,1,7-10H2,2-5H3/t11-,12+,13+/m1/s1. The van der Waals surface area contributed by atoms with Gasteiger partial charge in [-0.3, -0.25) is 0 Å². The molecule has 90 valence electrons. The molecule has 0 heterocycles. The summed E-state index contributed by atoms with van der Waals surface area (Å²) in [6, 6.07) is 0. The zero-order chi connectivity index (χ0) is 11.9. The Kier molecular flexibility index (Phi) is 6.82. The van der Waals surface area contributed by atoms with Crippen LogP contribution in [-0.4, -0.2) is 19.9 Å². The fraction of sp³-hybridized carbons (Fsp3) is 0.846. The molecule has 0 aromatic heterocycles. The molecule has 0 aliphatic heterocycles. The van der Waals surface area contributed by atoms with E-state index in [9.17, 15) is 4.39 Å². The Morgan fingerprint density at radius 3 is 2.53 bits per heavy atom. The Bertz CT molecular complexity index is 181. The van der Waals surface area contributed by atoms with Gasteiger partial charge >= 0.3 is 0 Å². The van der Waals surface area contributed by atoms with Crippen molar-refractivity contribution in [2.75, 3.05) is 13.7 Å². The van der Waals surface area contributed by atoms with Crippen LogP contribution >= 0.6 is 0 Å². The fourth-order valence-electron chi connectivity index (χ4n) is 1.98. The van der Waals surface area contributed by atoms with E-state index >= 15 is 0 Å². The molecule has 0 spiro atoms. The Morgan fingerprint density at radius 1 is 1.53 bits per heavy atom. The van der Waals surface area contributed by atoms with E-state index in [1.165, 1.54) is 0 Å². The number of methoxy groups -OCH3 is 1. The summed E-state index contributed by atoms with van der Waals surface area (Å²) in [5.41, 5.74) is -0.0850. The van der Waals surface area contributed by atoms with Gasteiger partial charge in [0.1, 0.15) is 6.17 Å². The lowest BCUT2D eigenvalue weighted by Gasteiger charge is -2.36. The van der Waals surface area contributed by atoms with Gasteiger partial charge in [-0.2, -0.15) is 0 Å². The number of rotatable bonds is 8. The summed E-state index contributed by atoms with van der Waals surface area (Å²) in [6.45, 7) is 10.3. The third kappa shape index (κ3) is 4.33. The van der Waals surface area contributed by atoms with Gasteiger partial charge in [0.25, 0.3) is 0 Å². The zero-order valence-corrected chi connectivity index (χ0v) is 10.6. The van der Waals surface area contributed by atoms with E-state index in [1.54, 1.807) is 7.11 Å². The molecule has 0 saturated carbocycles. The molecule has 0 aliphatic rings. The molecule has 15 heavy (non-hydrogen) atoms. The van der Waals surface area contributed by atoms with Gasteiger partial charge in [-0.15, -0.1) is 6.58 Å². The van der Waals surface area contributed by atoms with E-state index in [0.29, 0.717) is 13.0 Å². The average Bonchev–Trinajstić information content (AvgIpc) is 2.24. The third-order valence-electron chi connectivity index (χ3n) is 3.43. The quantitative estimate of drug-likeness (QED) is 0.557. The lowest BCUT2D eigenvalue weighted by molar-refractivity contribution is 0.0102. The SMILES string of the molecule is C=CCC[C@@](C)(COC)[C@H](C)[C@@H](F)CC. The van der Waals surface area contributed by atoms with Gasteiger partial charge < -0.3 is 4.74 Å².